The van der Waals surface area contributed by atoms with Crippen LogP contribution in [0.15, 0.2) is 12.4 Å². The summed E-state index contributed by atoms with van der Waals surface area (Å²) >= 11 is 0. The van der Waals surface area contributed by atoms with Gasteiger partial charge < -0.3 is 20.3 Å². The number of ether oxygens (including phenoxy) is 1. The van der Waals surface area contributed by atoms with Crippen LogP contribution in [0.3, 0.4) is 0 Å². The number of nitrogens with one attached hydrogen (secondary N) is 1. The molecule has 0 spiro atoms. The topological polar surface area (TPSA) is 126 Å². The number of amides is 1. The van der Waals surface area contributed by atoms with Crippen LogP contribution in [0.2, 0.25) is 0 Å². The molecule has 0 fully saturated rings. The number of carbonyl (C=O) groups is 2. The van der Waals surface area contributed by atoms with Crippen molar-refractivity contribution in [2.24, 2.45) is 0 Å². The van der Waals surface area contributed by atoms with E-state index in [1.807, 2.05) is 6.92 Å². The lowest BCUT2D eigenvalue weighted by Gasteiger charge is -2.11. The fraction of sp³-hybridized carbons (Fsp3) is 0.385. The Balaban J connectivity index is 2.34. The second-order valence-corrected chi connectivity index (χ2v) is 4.52. The normalized spacial score (nSPS) is 10.6. The molecule has 2 rings (SSSR count). The fourth-order valence-corrected chi connectivity index (χ4v) is 1.82. The summed E-state index contributed by atoms with van der Waals surface area (Å²) in [6, 6.07) is 1.26. The number of carboxylic acids is 1. The summed E-state index contributed by atoms with van der Waals surface area (Å²) in [4.78, 5) is 26.4. The Labute approximate surface area is 125 Å². The molecule has 0 aliphatic heterocycles. The summed E-state index contributed by atoms with van der Waals surface area (Å²) in [5.74, 6) is -2.04. The molecule has 9 nitrogen and oxygen atoms in total. The van der Waals surface area contributed by atoms with Gasteiger partial charge in [0.1, 0.15) is 24.2 Å². The Morgan fingerprint density at radius 1 is 1.45 bits per heavy atom. The summed E-state index contributed by atoms with van der Waals surface area (Å²) in [7, 11) is 0. The third kappa shape index (κ3) is 3.25. The van der Waals surface area contributed by atoms with Crippen molar-refractivity contribution in [3.05, 3.63) is 18.0 Å². The van der Waals surface area contributed by atoms with E-state index in [9.17, 15) is 14.7 Å². The second kappa shape index (κ2) is 6.74. The molecule has 0 saturated heterocycles. The van der Waals surface area contributed by atoms with Crippen molar-refractivity contribution in [3.8, 4) is 11.6 Å². The van der Waals surface area contributed by atoms with Crippen LogP contribution in [-0.4, -0.2) is 49.8 Å². The molecule has 1 amide bonds. The third-order valence-electron chi connectivity index (χ3n) is 2.87. The molecule has 2 aromatic heterocycles. The zero-order valence-corrected chi connectivity index (χ0v) is 11.9. The number of aromatic nitrogens is 3. The molecule has 0 unspecified atom stereocenters. The average Bonchev–Trinajstić information content (AvgIpc) is 2.94. The first-order chi connectivity index (χ1) is 10.5. The Kier molecular flexibility index (Phi) is 4.77. The number of unbranched alkanes of at least 4 members (excludes halogenated alkanes) is 1. The molecular weight excluding hydrogens is 292 g/mol. The largest absolute Gasteiger partial charge is 0.507 e. The van der Waals surface area contributed by atoms with Gasteiger partial charge in [-0.05, 0) is 6.42 Å². The molecule has 2 heterocycles. The maximum atomic E-state index is 12.0. The Bertz CT molecular complexity index is 697. The molecule has 0 aliphatic rings. The van der Waals surface area contributed by atoms with Gasteiger partial charge in [0.05, 0.1) is 6.61 Å². The van der Waals surface area contributed by atoms with Crippen molar-refractivity contribution in [3.63, 3.8) is 0 Å². The van der Waals surface area contributed by atoms with Crippen LogP contribution in [0.5, 0.6) is 11.6 Å². The number of nitrogens with zero attached hydrogens (tertiary/aromatic N) is 3. The lowest BCUT2D eigenvalue weighted by molar-refractivity contribution is -0.135. The SMILES string of the molecule is CCCCOc1cc(O)c(C(=O)NCC(=O)O)c2ncnn12. The van der Waals surface area contributed by atoms with Gasteiger partial charge in [-0.25, -0.2) is 4.98 Å². The number of hydrogen-bond acceptors (Lipinski definition) is 6. The highest BCUT2D eigenvalue weighted by molar-refractivity contribution is 6.03. The van der Waals surface area contributed by atoms with Crippen molar-refractivity contribution in [1.29, 1.82) is 0 Å². The summed E-state index contributed by atoms with van der Waals surface area (Å²) in [5.41, 5.74) is -0.0593. The van der Waals surface area contributed by atoms with Gasteiger partial charge in [0, 0.05) is 6.07 Å². The van der Waals surface area contributed by atoms with Gasteiger partial charge in [-0.2, -0.15) is 9.61 Å². The molecule has 0 aromatic carbocycles. The van der Waals surface area contributed by atoms with E-state index in [0.29, 0.717) is 6.61 Å². The van der Waals surface area contributed by atoms with Crippen LogP contribution < -0.4 is 10.1 Å². The van der Waals surface area contributed by atoms with E-state index >= 15 is 0 Å². The minimum absolute atomic E-state index is 0.0920. The molecule has 3 N–H and O–H groups in total. The highest BCUT2D eigenvalue weighted by Crippen LogP contribution is 2.27. The molecule has 0 atom stereocenters. The lowest BCUT2D eigenvalue weighted by atomic mass is 10.2. The second-order valence-electron chi connectivity index (χ2n) is 4.52. The summed E-state index contributed by atoms with van der Waals surface area (Å²) < 4.78 is 6.79. The summed E-state index contributed by atoms with van der Waals surface area (Å²) in [6.07, 6.45) is 3.00. The lowest BCUT2D eigenvalue weighted by Crippen LogP contribution is -2.29. The van der Waals surface area contributed by atoms with E-state index in [4.69, 9.17) is 9.84 Å². The smallest absolute Gasteiger partial charge is 0.322 e. The van der Waals surface area contributed by atoms with Crippen LogP contribution in [-0.2, 0) is 4.79 Å². The number of aromatic hydroxyl groups is 1. The molecule has 2 aromatic rings. The molecule has 0 aliphatic carbocycles. The quantitative estimate of drug-likeness (QED) is 0.633. The number of fused-ring (bicyclic) bond motifs is 1. The first-order valence-corrected chi connectivity index (χ1v) is 6.73. The van der Waals surface area contributed by atoms with Crippen molar-refractivity contribution >= 4 is 17.5 Å². The van der Waals surface area contributed by atoms with Crippen molar-refractivity contribution in [1.82, 2.24) is 19.9 Å². The molecule has 0 saturated carbocycles. The molecule has 118 valence electrons. The van der Waals surface area contributed by atoms with E-state index < -0.39 is 18.4 Å². The fourth-order valence-electron chi connectivity index (χ4n) is 1.82. The van der Waals surface area contributed by atoms with Gasteiger partial charge in [-0.1, -0.05) is 13.3 Å². The zero-order valence-electron chi connectivity index (χ0n) is 11.9. The first-order valence-electron chi connectivity index (χ1n) is 6.73. The van der Waals surface area contributed by atoms with Gasteiger partial charge in [-0.15, -0.1) is 0 Å². The monoisotopic (exact) mass is 308 g/mol. The number of aliphatic carboxylic acids is 1. The molecular formula is C13H16N4O5. The van der Waals surface area contributed by atoms with Gasteiger partial charge >= 0.3 is 5.97 Å². The van der Waals surface area contributed by atoms with Gasteiger partial charge in [0.25, 0.3) is 5.91 Å². The van der Waals surface area contributed by atoms with E-state index in [-0.39, 0.29) is 22.8 Å². The standard InChI is InChI=1S/C13H16N4O5/c1-2-3-4-22-9-5-8(18)11(12-15-7-16-17(9)12)13(21)14-6-10(19)20/h5,7,18H,2-4,6H2,1H3,(H,14,21)(H,19,20). The van der Waals surface area contributed by atoms with Crippen LogP contribution in [0.25, 0.3) is 5.65 Å². The number of rotatable bonds is 7. The molecule has 9 heteroatoms. The predicted molar refractivity (Wildman–Crippen MR) is 75.0 cm³/mol. The summed E-state index contributed by atoms with van der Waals surface area (Å²) in [6.45, 7) is 1.89. The van der Waals surface area contributed by atoms with Crippen molar-refractivity contribution in [2.45, 2.75) is 19.8 Å². The molecule has 0 radical (unpaired) electrons. The average molecular weight is 308 g/mol. The van der Waals surface area contributed by atoms with Gasteiger partial charge in [-0.3, -0.25) is 9.59 Å². The van der Waals surface area contributed by atoms with Crippen LogP contribution in [0.1, 0.15) is 30.1 Å². The van der Waals surface area contributed by atoms with Gasteiger partial charge in [0.15, 0.2) is 5.65 Å². The predicted octanol–water partition coefficient (Wildman–Crippen LogP) is 0.428. The number of carboxylic acid groups (broad SMARTS) is 1. The highest BCUT2D eigenvalue weighted by atomic mass is 16.5. The van der Waals surface area contributed by atoms with E-state index in [2.05, 4.69) is 15.4 Å². The number of hydrogen-bond donors (Lipinski definition) is 3. The van der Waals surface area contributed by atoms with Crippen molar-refractivity contribution in [2.75, 3.05) is 13.2 Å². The van der Waals surface area contributed by atoms with Crippen LogP contribution in [0, 0.1) is 0 Å². The molecule has 0 bridgehead atoms. The minimum atomic E-state index is -1.19. The first kappa shape index (κ1) is 15.5. The zero-order chi connectivity index (χ0) is 16.1. The highest BCUT2D eigenvalue weighted by Gasteiger charge is 2.21. The number of pyridine rings is 1. The van der Waals surface area contributed by atoms with E-state index in [1.54, 1.807) is 0 Å². The number of carbonyl (C=O) groups excluding carboxylic acids is 1. The van der Waals surface area contributed by atoms with E-state index in [1.165, 1.54) is 16.9 Å². The maximum Gasteiger partial charge on any atom is 0.322 e. The van der Waals surface area contributed by atoms with Gasteiger partial charge in [0.2, 0.25) is 5.88 Å². The Hall–Kier alpha value is -2.84. The van der Waals surface area contributed by atoms with Crippen LogP contribution in [0.4, 0.5) is 0 Å². The minimum Gasteiger partial charge on any atom is -0.507 e. The van der Waals surface area contributed by atoms with Crippen LogP contribution >= 0.6 is 0 Å². The Morgan fingerprint density at radius 3 is 2.91 bits per heavy atom. The maximum absolute atomic E-state index is 12.0. The Morgan fingerprint density at radius 2 is 2.23 bits per heavy atom. The van der Waals surface area contributed by atoms with Crippen molar-refractivity contribution < 1.29 is 24.5 Å². The summed E-state index contributed by atoms with van der Waals surface area (Å²) in [5, 5.41) is 24.7. The third-order valence-corrected chi connectivity index (χ3v) is 2.87. The van der Waals surface area contributed by atoms with E-state index in [0.717, 1.165) is 12.8 Å². The molecule has 22 heavy (non-hydrogen) atoms.